The number of amides is 1. The fourth-order valence-electron chi connectivity index (χ4n) is 2.93. The van der Waals surface area contributed by atoms with Gasteiger partial charge in [-0.15, -0.1) is 0 Å². The minimum atomic E-state index is -0.280. The lowest BCUT2D eigenvalue weighted by molar-refractivity contribution is -0.132. The molecule has 0 N–H and O–H groups in total. The van der Waals surface area contributed by atoms with E-state index in [-0.39, 0.29) is 11.7 Å². The third-order valence-corrected chi connectivity index (χ3v) is 4.41. The quantitative estimate of drug-likeness (QED) is 0.834. The number of nitrogens with zero attached hydrogens (tertiary/aromatic N) is 3. The maximum Gasteiger partial charge on any atom is 0.227 e. The fraction of sp³-hybridized carbons (Fsp3) is 0.368. The van der Waals surface area contributed by atoms with Crippen LogP contribution in [0.3, 0.4) is 0 Å². The van der Waals surface area contributed by atoms with Crippen molar-refractivity contribution in [3.8, 4) is 5.88 Å². The molecule has 25 heavy (non-hydrogen) atoms. The van der Waals surface area contributed by atoms with Crippen molar-refractivity contribution in [2.24, 2.45) is 0 Å². The maximum absolute atomic E-state index is 12.9. The highest BCUT2D eigenvalue weighted by Gasteiger charge is 2.21. The second-order valence-corrected chi connectivity index (χ2v) is 6.17. The van der Waals surface area contributed by atoms with E-state index >= 15 is 0 Å². The van der Waals surface area contributed by atoms with Crippen molar-refractivity contribution >= 4 is 5.91 Å². The zero-order valence-electron chi connectivity index (χ0n) is 14.3. The minimum absolute atomic E-state index is 0.0948. The van der Waals surface area contributed by atoms with Crippen molar-refractivity contribution in [1.82, 2.24) is 14.8 Å². The second kappa shape index (κ2) is 8.07. The fourth-order valence-corrected chi connectivity index (χ4v) is 2.93. The number of rotatable bonds is 5. The van der Waals surface area contributed by atoms with Crippen LogP contribution in [-0.4, -0.2) is 54.0 Å². The Balaban J connectivity index is 1.47. The number of benzene rings is 1. The van der Waals surface area contributed by atoms with Gasteiger partial charge in [0.2, 0.25) is 11.8 Å². The van der Waals surface area contributed by atoms with Crippen molar-refractivity contribution in [1.29, 1.82) is 0 Å². The molecule has 2 aromatic rings. The van der Waals surface area contributed by atoms with E-state index in [1.807, 2.05) is 23.2 Å². The van der Waals surface area contributed by atoms with Gasteiger partial charge in [-0.25, -0.2) is 9.37 Å². The van der Waals surface area contributed by atoms with E-state index in [9.17, 15) is 9.18 Å². The van der Waals surface area contributed by atoms with E-state index in [4.69, 9.17) is 4.74 Å². The van der Waals surface area contributed by atoms with Crippen molar-refractivity contribution in [2.75, 3.05) is 33.3 Å². The van der Waals surface area contributed by atoms with Crippen molar-refractivity contribution in [3.05, 3.63) is 59.5 Å². The molecule has 5 nitrogen and oxygen atoms in total. The Hall–Kier alpha value is -2.47. The predicted molar refractivity (Wildman–Crippen MR) is 92.8 cm³/mol. The minimum Gasteiger partial charge on any atom is -0.481 e. The molecule has 1 aromatic heterocycles. The van der Waals surface area contributed by atoms with Crippen LogP contribution in [0.25, 0.3) is 0 Å². The normalized spacial score (nSPS) is 15.2. The number of piperazine rings is 1. The predicted octanol–water partition coefficient (Wildman–Crippen LogP) is 2.12. The summed E-state index contributed by atoms with van der Waals surface area (Å²) in [5.41, 5.74) is 1.98. The number of ether oxygens (including phenoxy) is 1. The molecule has 6 heteroatoms. The lowest BCUT2D eigenvalue weighted by Crippen LogP contribution is -2.48. The zero-order valence-corrected chi connectivity index (χ0v) is 14.3. The highest BCUT2D eigenvalue weighted by Crippen LogP contribution is 2.12. The highest BCUT2D eigenvalue weighted by molar-refractivity contribution is 5.78. The summed E-state index contributed by atoms with van der Waals surface area (Å²) >= 11 is 0. The second-order valence-electron chi connectivity index (χ2n) is 6.17. The Morgan fingerprint density at radius 1 is 1.08 bits per heavy atom. The van der Waals surface area contributed by atoms with E-state index in [1.54, 1.807) is 19.2 Å². The number of carbonyl (C=O) groups excluding carboxylic acids is 1. The first-order valence-electron chi connectivity index (χ1n) is 8.37. The summed E-state index contributed by atoms with van der Waals surface area (Å²) in [5, 5.41) is 0. The van der Waals surface area contributed by atoms with Crippen LogP contribution in [0.1, 0.15) is 11.1 Å². The van der Waals surface area contributed by atoms with Crippen molar-refractivity contribution < 1.29 is 13.9 Å². The summed E-state index contributed by atoms with van der Waals surface area (Å²) in [6, 6.07) is 9.99. The molecule has 0 aliphatic carbocycles. The molecule has 1 aliphatic heterocycles. The van der Waals surface area contributed by atoms with Crippen LogP contribution in [0.2, 0.25) is 0 Å². The van der Waals surface area contributed by atoms with Crippen molar-refractivity contribution in [2.45, 2.75) is 13.0 Å². The number of hydrogen-bond donors (Lipinski definition) is 0. The number of aromatic nitrogens is 1. The average Bonchev–Trinajstić information content (AvgIpc) is 2.65. The monoisotopic (exact) mass is 343 g/mol. The largest absolute Gasteiger partial charge is 0.481 e. The number of hydrogen-bond acceptors (Lipinski definition) is 4. The Morgan fingerprint density at radius 2 is 1.76 bits per heavy atom. The van der Waals surface area contributed by atoms with Gasteiger partial charge in [-0.05, 0) is 23.3 Å². The number of pyridine rings is 1. The molecule has 0 saturated carbocycles. The van der Waals surface area contributed by atoms with E-state index in [1.165, 1.54) is 12.1 Å². The topological polar surface area (TPSA) is 45.7 Å². The van der Waals surface area contributed by atoms with Crippen LogP contribution >= 0.6 is 0 Å². The Labute approximate surface area is 147 Å². The van der Waals surface area contributed by atoms with Crippen LogP contribution in [0.15, 0.2) is 42.6 Å². The molecular weight excluding hydrogens is 321 g/mol. The van der Waals surface area contributed by atoms with Gasteiger partial charge in [0.15, 0.2) is 0 Å². The summed E-state index contributed by atoms with van der Waals surface area (Å²) in [6.07, 6.45) is 2.15. The smallest absolute Gasteiger partial charge is 0.227 e. The van der Waals surface area contributed by atoms with Gasteiger partial charge in [-0.2, -0.15) is 0 Å². The lowest BCUT2D eigenvalue weighted by atomic mass is 10.1. The molecule has 0 spiro atoms. The summed E-state index contributed by atoms with van der Waals surface area (Å²) in [7, 11) is 1.60. The number of methoxy groups -OCH3 is 1. The van der Waals surface area contributed by atoms with Crippen LogP contribution in [0.5, 0.6) is 5.88 Å². The van der Waals surface area contributed by atoms with Crippen molar-refractivity contribution in [3.63, 3.8) is 0 Å². The first-order chi connectivity index (χ1) is 12.1. The molecule has 132 valence electrons. The first-order valence-corrected chi connectivity index (χ1v) is 8.37. The van der Waals surface area contributed by atoms with E-state index in [0.29, 0.717) is 25.4 Å². The maximum atomic E-state index is 12.9. The number of halogens is 1. The van der Waals surface area contributed by atoms with E-state index < -0.39 is 0 Å². The van der Waals surface area contributed by atoms with E-state index in [0.717, 1.165) is 30.8 Å². The molecule has 1 fully saturated rings. The zero-order chi connectivity index (χ0) is 17.6. The first kappa shape index (κ1) is 17.4. The Kier molecular flexibility index (Phi) is 5.60. The summed E-state index contributed by atoms with van der Waals surface area (Å²) in [4.78, 5) is 20.8. The van der Waals surface area contributed by atoms with Gasteiger partial charge in [-0.1, -0.05) is 18.2 Å². The third-order valence-electron chi connectivity index (χ3n) is 4.41. The van der Waals surface area contributed by atoms with Crippen LogP contribution in [0.4, 0.5) is 4.39 Å². The molecule has 2 heterocycles. The average molecular weight is 343 g/mol. The van der Waals surface area contributed by atoms with Gasteiger partial charge < -0.3 is 9.64 Å². The molecule has 0 atom stereocenters. The molecule has 0 radical (unpaired) electrons. The molecule has 1 amide bonds. The van der Waals surface area contributed by atoms with Gasteiger partial charge in [0.05, 0.1) is 13.5 Å². The van der Waals surface area contributed by atoms with Crippen LogP contribution in [0, 0.1) is 5.82 Å². The summed E-state index contributed by atoms with van der Waals surface area (Å²) < 4.78 is 18.0. The highest BCUT2D eigenvalue weighted by atomic mass is 19.1. The standard InChI is InChI=1S/C19H22FN3O2/c1-25-18-7-4-16(13-21-18)14-22-8-10-23(11-9-22)19(24)12-15-2-5-17(20)6-3-15/h2-7,13H,8-12,14H2,1H3. The molecule has 3 rings (SSSR count). The molecular formula is C19H22FN3O2. The molecule has 1 aromatic carbocycles. The lowest BCUT2D eigenvalue weighted by Gasteiger charge is -2.34. The van der Waals surface area contributed by atoms with Gasteiger partial charge in [0.1, 0.15) is 5.82 Å². The molecule has 0 bridgehead atoms. The summed E-state index contributed by atoms with van der Waals surface area (Å²) in [5.74, 6) is 0.426. The third kappa shape index (κ3) is 4.76. The van der Waals surface area contributed by atoms with Gasteiger partial charge >= 0.3 is 0 Å². The molecule has 0 unspecified atom stereocenters. The van der Waals surface area contributed by atoms with E-state index in [2.05, 4.69) is 9.88 Å². The van der Waals surface area contributed by atoms with Gasteiger partial charge in [0, 0.05) is 45.0 Å². The molecule has 1 aliphatic rings. The SMILES string of the molecule is COc1ccc(CN2CCN(C(=O)Cc3ccc(F)cc3)CC2)cn1. The summed E-state index contributed by atoms with van der Waals surface area (Å²) in [6.45, 7) is 3.91. The van der Waals surface area contributed by atoms with Gasteiger partial charge in [-0.3, -0.25) is 9.69 Å². The Morgan fingerprint density at radius 3 is 2.36 bits per heavy atom. The number of carbonyl (C=O) groups is 1. The van der Waals surface area contributed by atoms with Gasteiger partial charge in [0.25, 0.3) is 0 Å². The van der Waals surface area contributed by atoms with Crippen LogP contribution < -0.4 is 4.74 Å². The van der Waals surface area contributed by atoms with Crippen LogP contribution in [-0.2, 0) is 17.8 Å². The molecule has 1 saturated heterocycles. The Bertz CT molecular complexity index is 696.